The van der Waals surface area contributed by atoms with Crippen molar-refractivity contribution in [1.29, 1.82) is 0 Å². The van der Waals surface area contributed by atoms with E-state index in [1.165, 1.54) is 64.2 Å². The van der Waals surface area contributed by atoms with Crippen LogP contribution in [0.5, 0.6) is 0 Å². The van der Waals surface area contributed by atoms with Crippen LogP contribution in [-0.4, -0.2) is 44.2 Å². The van der Waals surface area contributed by atoms with E-state index in [2.05, 4.69) is 4.90 Å². The van der Waals surface area contributed by atoms with Gasteiger partial charge < -0.3 is 10.5 Å². The van der Waals surface area contributed by atoms with Crippen molar-refractivity contribution in [3.05, 3.63) is 0 Å². The molecule has 1 amide bonds. The van der Waals surface area contributed by atoms with Crippen LogP contribution < -0.4 is 5.73 Å². The molecule has 23 heavy (non-hydrogen) atoms. The lowest BCUT2D eigenvalue weighted by Crippen LogP contribution is -2.33. The van der Waals surface area contributed by atoms with Gasteiger partial charge in [0.1, 0.15) is 0 Å². The molecule has 1 saturated heterocycles. The molecule has 4 nitrogen and oxygen atoms in total. The molecule has 1 aliphatic carbocycles. The fraction of sp³-hybridized carbons (Fsp3) is 0.947. The lowest BCUT2D eigenvalue weighted by molar-refractivity contribution is -0.123. The number of hydrogen-bond acceptors (Lipinski definition) is 3. The van der Waals surface area contributed by atoms with Gasteiger partial charge in [0.2, 0.25) is 5.91 Å². The molecule has 1 saturated carbocycles. The average molecular weight is 325 g/mol. The fourth-order valence-electron chi connectivity index (χ4n) is 4.54. The molecule has 2 rings (SSSR count). The van der Waals surface area contributed by atoms with Crippen molar-refractivity contribution in [2.75, 3.05) is 33.4 Å². The summed E-state index contributed by atoms with van der Waals surface area (Å²) in [5, 5.41) is 0. The smallest absolute Gasteiger partial charge is 0.222 e. The third-order valence-electron chi connectivity index (χ3n) is 5.92. The van der Waals surface area contributed by atoms with Gasteiger partial charge in [-0.05, 0) is 11.8 Å². The predicted octanol–water partition coefficient (Wildman–Crippen LogP) is 3.20. The van der Waals surface area contributed by atoms with Gasteiger partial charge in [0.15, 0.2) is 0 Å². The minimum atomic E-state index is -0.0933. The topological polar surface area (TPSA) is 55.6 Å². The SMILES string of the molecule is COCCN1CC(C(N)=O)C(C2CCCCCCCCCC2)C1. The number of rotatable bonds is 5. The maximum absolute atomic E-state index is 12.0. The highest BCUT2D eigenvalue weighted by Gasteiger charge is 2.40. The molecule has 2 fully saturated rings. The summed E-state index contributed by atoms with van der Waals surface area (Å²) in [4.78, 5) is 14.4. The van der Waals surface area contributed by atoms with Crippen LogP contribution in [-0.2, 0) is 9.53 Å². The number of nitrogens with zero attached hydrogens (tertiary/aromatic N) is 1. The minimum Gasteiger partial charge on any atom is -0.383 e. The van der Waals surface area contributed by atoms with Crippen molar-refractivity contribution in [2.45, 2.75) is 64.2 Å². The Morgan fingerprint density at radius 2 is 1.57 bits per heavy atom. The zero-order chi connectivity index (χ0) is 16.5. The maximum atomic E-state index is 12.0. The standard InChI is InChI=1S/C19H36N2O2/c1-23-13-12-21-14-17(18(15-21)19(20)22)16-10-8-6-4-2-3-5-7-9-11-16/h16-18H,2-15H2,1H3,(H2,20,22). The lowest BCUT2D eigenvalue weighted by Gasteiger charge is -2.27. The van der Waals surface area contributed by atoms with Gasteiger partial charge in [0.05, 0.1) is 12.5 Å². The summed E-state index contributed by atoms with van der Waals surface area (Å²) in [6, 6.07) is 0. The molecule has 0 spiro atoms. The Morgan fingerprint density at radius 1 is 1.00 bits per heavy atom. The molecule has 0 radical (unpaired) electrons. The molecule has 2 aliphatic rings. The Morgan fingerprint density at radius 3 is 2.09 bits per heavy atom. The summed E-state index contributed by atoms with van der Waals surface area (Å²) in [6.45, 7) is 3.52. The molecule has 2 unspecified atom stereocenters. The van der Waals surface area contributed by atoms with Crippen LogP contribution in [0.25, 0.3) is 0 Å². The largest absolute Gasteiger partial charge is 0.383 e. The molecule has 0 aromatic rings. The van der Waals surface area contributed by atoms with Crippen molar-refractivity contribution in [3.8, 4) is 0 Å². The van der Waals surface area contributed by atoms with Gasteiger partial charge in [-0.25, -0.2) is 0 Å². The minimum absolute atomic E-state index is 0.0435. The van der Waals surface area contributed by atoms with Gasteiger partial charge in [0.25, 0.3) is 0 Å². The van der Waals surface area contributed by atoms with E-state index in [-0.39, 0.29) is 11.8 Å². The molecule has 4 heteroatoms. The van der Waals surface area contributed by atoms with Crippen LogP contribution in [0.4, 0.5) is 0 Å². The number of methoxy groups -OCH3 is 1. The third kappa shape index (κ3) is 6.07. The van der Waals surface area contributed by atoms with Crippen molar-refractivity contribution in [3.63, 3.8) is 0 Å². The Bertz CT molecular complexity index is 336. The van der Waals surface area contributed by atoms with E-state index in [0.29, 0.717) is 11.8 Å². The molecule has 0 aromatic carbocycles. The van der Waals surface area contributed by atoms with Crippen LogP contribution >= 0.6 is 0 Å². The number of primary amides is 1. The summed E-state index contributed by atoms with van der Waals surface area (Å²) in [6.07, 6.45) is 13.5. The first-order valence-corrected chi connectivity index (χ1v) is 9.73. The van der Waals surface area contributed by atoms with E-state index < -0.39 is 0 Å². The van der Waals surface area contributed by atoms with E-state index in [1.807, 2.05) is 0 Å². The van der Waals surface area contributed by atoms with Crippen LogP contribution in [0.15, 0.2) is 0 Å². The summed E-state index contributed by atoms with van der Waals surface area (Å²) in [5.74, 6) is 1.09. The number of carbonyl (C=O) groups is 1. The molecule has 0 aromatic heterocycles. The summed E-state index contributed by atoms with van der Waals surface area (Å²) >= 11 is 0. The molecular weight excluding hydrogens is 288 g/mol. The zero-order valence-electron chi connectivity index (χ0n) is 15.0. The molecule has 1 heterocycles. The average Bonchev–Trinajstić information content (AvgIpc) is 2.93. The van der Waals surface area contributed by atoms with Gasteiger partial charge in [-0.3, -0.25) is 9.69 Å². The van der Waals surface area contributed by atoms with Gasteiger partial charge >= 0.3 is 0 Å². The van der Waals surface area contributed by atoms with Gasteiger partial charge in [-0.2, -0.15) is 0 Å². The summed E-state index contributed by atoms with van der Waals surface area (Å²) in [7, 11) is 1.74. The maximum Gasteiger partial charge on any atom is 0.222 e. The van der Waals surface area contributed by atoms with Crippen LogP contribution in [0.3, 0.4) is 0 Å². The van der Waals surface area contributed by atoms with E-state index >= 15 is 0 Å². The summed E-state index contributed by atoms with van der Waals surface area (Å²) in [5.41, 5.74) is 5.74. The second-order valence-corrected chi connectivity index (χ2v) is 7.59. The molecule has 2 N–H and O–H groups in total. The van der Waals surface area contributed by atoms with E-state index in [1.54, 1.807) is 7.11 Å². The normalized spacial score (nSPS) is 29.3. The fourth-order valence-corrected chi connectivity index (χ4v) is 4.54. The van der Waals surface area contributed by atoms with E-state index in [9.17, 15) is 4.79 Å². The molecular formula is C19H36N2O2. The highest BCUT2D eigenvalue weighted by Crippen LogP contribution is 2.36. The molecule has 134 valence electrons. The van der Waals surface area contributed by atoms with Crippen molar-refractivity contribution in [1.82, 2.24) is 4.90 Å². The monoisotopic (exact) mass is 324 g/mol. The predicted molar refractivity (Wildman–Crippen MR) is 94.2 cm³/mol. The van der Waals surface area contributed by atoms with Gasteiger partial charge in [-0.15, -0.1) is 0 Å². The van der Waals surface area contributed by atoms with Gasteiger partial charge in [0, 0.05) is 26.7 Å². The number of nitrogens with two attached hydrogens (primary N) is 1. The number of amides is 1. The van der Waals surface area contributed by atoms with Gasteiger partial charge in [-0.1, -0.05) is 64.2 Å². The molecule has 2 atom stereocenters. The first-order valence-electron chi connectivity index (χ1n) is 9.73. The second-order valence-electron chi connectivity index (χ2n) is 7.59. The van der Waals surface area contributed by atoms with E-state index in [4.69, 9.17) is 10.5 Å². The first kappa shape index (κ1) is 18.7. The number of carbonyl (C=O) groups excluding carboxylic acids is 1. The molecule has 1 aliphatic heterocycles. The number of ether oxygens (including phenoxy) is 1. The zero-order valence-corrected chi connectivity index (χ0v) is 15.0. The highest BCUT2D eigenvalue weighted by atomic mass is 16.5. The van der Waals surface area contributed by atoms with Crippen molar-refractivity contribution >= 4 is 5.91 Å². The third-order valence-corrected chi connectivity index (χ3v) is 5.92. The van der Waals surface area contributed by atoms with E-state index in [0.717, 1.165) is 26.2 Å². The van der Waals surface area contributed by atoms with Crippen LogP contribution in [0.2, 0.25) is 0 Å². The molecule has 0 bridgehead atoms. The Hall–Kier alpha value is -0.610. The van der Waals surface area contributed by atoms with Crippen LogP contribution in [0, 0.1) is 17.8 Å². The Labute approximate surface area is 142 Å². The van der Waals surface area contributed by atoms with Crippen molar-refractivity contribution < 1.29 is 9.53 Å². The number of hydrogen-bond donors (Lipinski definition) is 1. The number of likely N-dealkylation sites (tertiary alicyclic amines) is 1. The Balaban J connectivity index is 1.96. The van der Waals surface area contributed by atoms with Crippen LogP contribution in [0.1, 0.15) is 64.2 Å². The van der Waals surface area contributed by atoms with Crippen molar-refractivity contribution in [2.24, 2.45) is 23.5 Å². The second kappa shape index (κ2) is 10.3. The quantitative estimate of drug-likeness (QED) is 0.845. The lowest BCUT2D eigenvalue weighted by atomic mass is 9.78. The first-order chi connectivity index (χ1) is 11.2. The Kier molecular flexibility index (Phi) is 8.38. The summed E-state index contributed by atoms with van der Waals surface area (Å²) < 4.78 is 5.20. The highest BCUT2D eigenvalue weighted by molar-refractivity contribution is 5.77.